The Morgan fingerprint density at radius 2 is 2.17 bits per heavy atom. The summed E-state index contributed by atoms with van der Waals surface area (Å²) in [4.78, 5) is 22.8. The van der Waals surface area contributed by atoms with Crippen molar-refractivity contribution in [3.8, 4) is 0 Å². The topological polar surface area (TPSA) is 84.2 Å². The number of unbranched alkanes of at least 4 members (excludes halogenated alkanes) is 1. The van der Waals surface area contributed by atoms with Crippen LogP contribution in [-0.4, -0.2) is 31.4 Å². The fraction of sp³-hybridized carbons (Fsp3) is 0.846. The summed E-state index contributed by atoms with van der Waals surface area (Å²) in [5, 5.41) is 6.29. The van der Waals surface area contributed by atoms with Crippen LogP contribution in [0, 0.1) is 5.41 Å². The number of hydrogen-bond donors (Lipinski definition) is 3. The van der Waals surface area contributed by atoms with Crippen LogP contribution in [0.3, 0.4) is 0 Å². The molecule has 1 fully saturated rings. The molecule has 5 nitrogen and oxygen atoms in total. The molecule has 0 radical (unpaired) electrons. The van der Waals surface area contributed by atoms with Gasteiger partial charge in [-0.3, -0.25) is 9.59 Å². The second kappa shape index (κ2) is 7.36. The van der Waals surface area contributed by atoms with Gasteiger partial charge in [0, 0.05) is 19.5 Å². The number of primary amides is 1. The van der Waals surface area contributed by atoms with Gasteiger partial charge < -0.3 is 16.4 Å². The molecular formula is C13H25N3O2. The predicted octanol–water partition coefficient (Wildman–Crippen LogP) is 0.538. The van der Waals surface area contributed by atoms with Crippen molar-refractivity contribution in [2.45, 2.75) is 45.4 Å². The van der Waals surface area contributed by atoms with Crippen molar-refractivity contribution >= 4 is 11.8 Å². The molecule has 0 aromatic heterocycles. The summed E-state index contributed by atoms with van der Waals surface area (Å²) >= 11 is 0. The van der Waals surface area contributed by atoms with Crippen LogP contribution in [0.15, 0.2) is 0 Å². The summed E-state index contributed by atoms with van der Waals surface area (Å²) in [5.41, 5.74) is 4.83. The van der Waals surface area contributed by atoms with E-state index in [9.17, 15) is 9.59 Å². The van der Waals surface area contributed by atoms with Crippen molar-refractivity contribution in [1.29, 1.82) is 0 Å². The third-order valence-electron chi connectivity index (χ3n) is 3.77. The third-order valence-corrected chi connectivity index (χ3v) is 3.77. The minimum absolute atomic E-state index is 0.149. The van der Waals surface area contributed by atoms with Gasteiger partial charge in [0.15, 0.2) is 0 Å². The Hall–Kier alpha value is -1.10. The van der Waals surface area contributed by atoms with Crippen molar-refractivity contribution < 1.29 is 9.59 Å². The van der Waals surface area contributed by atoms with Crippen molar-refractivity contribution in [2.24, 2.45) is 11.1 Å². The number of rotatable bonds is 7. The van der Waals surface area contributed by atoms with Gasteiger partial charge in [0.25, 0.3) is 0 Å². The zero-order chi connectivity index (χ0) is 13.4. The van der Waals surface area contributed by atoms with Crippen LogP contribution in [0.2, 0.25) is 0 Å². The average Bonchev–Trinajstić information content (AvgIpc) is 2.38. The molecule has 0 saturated carbocycles. The number of carbonyl (C=O) groups is 2. The van der Waals surface area contributed by atoms with Crippen LogP contribution >= 0.6 is 0 Å². The van der Waals surface area contributed by atoms with E-state index in [2.05, 4.69) is 17.6 Å². The maximum absolute atomic E-state index is 12.2. The van der Waals surface area contributed by atoms with Crippen molar-refractivity contribution in [3.63, 3.8) is 0 Å². The fourth-order valence-electron chi connectivity index (χ4n) is 2.44. The first-order valence-electron chi connectivity index (χ1n) is 6.88. The average molecular weight is 255 g/mol. The summed E-state index contributed by atoms with van der Waals surface area (Å²) in [6.45, 7) is 4.48. The van der Waals surface area contributed by atoms with E-state index in [1.54, 1.807) is 0 Å². The maximum Gasteiger partial charge on any atom is 0.227 e. The molecule has 1 aliphatic heterocycles. The minimum Gasteiger partial charge on any atom is -0.370 e. The van der Waals surface area contributed by atoms with Crippen LogP contribution in [0.25, 0.3) is 0 Å². The zero-order valence-corrected chi connectivity index (χ0v) is 11.3. The Balaban J connectivity index is 2.27. The molecule has 5 heteroatoms. The zero-order valence-electron chi connectivity index (χ0n) is 11.3. The molecule has 0 aromatic carbocycles. The van der Waals surface area contributed by atoms with E-state index in [-0.39, 0.29) is 17.2 Å². The second-order valence-corrected chi connectivity index (χ2v) is 5.09. The predicted molar refractivity (Wildman–Crippen MR) is 70.9 cm³/mol. The molecule has 1 saturated heterocycles. The van der Waals surface area contributed by atoms with E-state index >= 15 is 0 Å². The molecule has 1 atom stereocenters. The van der Waals surface area contributed by atoms with Gasteiger partial charge in [-0.15, -0.1) is 0 Å². The number of carbonyl (C=O) groups excluding carboxylic acids is 2. The molecule has 1 aliphatic rings. The largest absolute Gasteiger partial charge is 0.370 e. The van der Waals surface area contributed by atoms with Gasteiger partial charge in [0.1, 0.15) is 0 Å². The highest BCUT2D eigenvalue weighted by molar-refractivity contribution is 5.83. The Labute approximate surface area is 109 Å². The van der Waals surface area contributed by atoms with Gasteiger partial charge in [0.05, 0.1) is 5.41 Å². The smallest absolute Gasteiger partial charge is 0.227 e. The monoisotopic (exact) mass is 255 g/mol. The first-order valence-corrected chi connectivity index (χ1v) is 6.88. The molecule has 4 N–H and O–H groups in total. The summed E-state index contributed by atoms with van der Waals surface area (Å²) in [6.07, 6.45) is 4.84. The molecule has 1 rings (SSSR count). The van der Waals surface area contributed by atoms with Crippen molar-refractivity contribution in [2.75, 3.05) is 19.6 Å². The van der Waals surface area contributed by atoms with Gasteiger partial charge in [0.2, 0.25) is 11.8 Å². The molecule has 1 unspecified atom stereocenters. The maximum atomic E-state index is 12.2. The molecule has 2 amide bonds. The first-order chi connectivity index (χ1) is 8.60. The van der Waals surface area contributed by atoms with Crippen LogP contribution < -0.4 is 16.4 Å². The Morgan fingerprint density at radius 1 is 1.39 bits per heavy atom. The summed E-state index contributed by atoms with van der Waals surface area (Å²) < 4.78 is 0. The summed E-state index contributed by atoms with van der Waals surface area (Å²) in [5.74, 6) is -0.126. The van der Waals surface area contributed by atoms with Gasteiger partial charge in [-0.1, -0.05) is 6.92 Å². The highest BCUT2D eigenvalue weighted by Gasteiger charge is 2.37. The van der Waals surface area contributed by atoms with E-state index in [0.717, 1.165) is 45.2 Å². The molecule has 0 spiro atoms. The Morgan fingerprint density at radius 3 is 2.72 bits per heavy atom. The number of hydrogen-bond acceptors (Lipinski definition) is 3. The van der Waals surface area contributed by atoms with E-state index in [1.807, 2.05) is 0 Å². The van der Waals surface area contributed by atoms with Crippen LogP contribution in [0.4, 0.5) is 0 Å². The van der Waals surface area contributed by atoms with E-state index < -0.39 is 0 Å². The highest BCUT2D eigenvalue weighted by atomic mass is 16.2. The second-order valence-electron chi connectivity index (χ2n) is 5.09. The van der Waals surface area contributed by atoms with Crippen LogP contribution in [0.1, 0.15) is 45.4 Å². The lowest BCUT2D eigenvalue weighted by Gasteiger charge is -2.35. The highest BCUT2D eigenvalue weighted by Crippen LogP contribution is 2.30. The SMILES string of the molecule is CCC1(C(=O)NCCCCC(N)=O)CCCNC1. The van der Waals surface area contributed by atoms with Crippen LogP contribution in [0.5, 0.6) is 0 Å². The normalized spacial score (nSPS) is 23.6. The van der Waals surface area contributed by atoms with Gasteiger partial charge in [-0.2, -0.15) is 0 Å². The van der Waals surface area contributed by atoms with E-state index in [1.165, 1.54) is 0 Å². The van der Waals surface area contributed by atoms with Gasteiger partial charge in [-0.05, 0) is 38.6 Å². The molecule has 0 aliphatic carbocycles. The summed E-state index contributed by atoms with van der Waals surface area (Å²) in [6, 6.07) is 0. The van der Waals surface area contributed by atoms with Crippen molar-refractivity contribution in [1.82, 2.24) is 10.6 Å². The molecule has 104 valence electrons. The lowest BCUT2D eigenvalue weighted by molar-refractivity contribution is -0.132. The van der Waals surface area contributed by atoms with Gasteiger partial charge in [-0.25, -0.2) is 0 Å². The quantitative estimate of drug-likeness (QED) is 0.580. The molecular weight excluding hydrogens is 230 g/mol. The fourth-order valence-corrected chi connectivity index (χ4v) is 2.44. The Kier molecular flexibility index (Phi) is 6.12. The molecule has 18 heavy (non-hydrogen) atoms. The lowest BCUT2D eigenvalue weighted by Crippen LogP contribution is -2.50. The first kappa shape index (κ1) is 15.0. The van der Waals surface area contributed by atoms with Gasteiger partial charge >= 0.3 is 0 Å². The molecule has 0 bridgehead atoms. The molecule has 1 heterocycles. The minimum atomic E-state index is -0.275. The third kappa shape index (κ3) is 4.29. The van der Waals surface area contributed by atoms with Crippen molar-refractivity contribution in [3.05, 3.63) is 0 Å². The van der Waals surface area contributed by atoms with Crippen LogP contribution in [-0.2, 0) is 9.59 Å². The standard InChI is InChI=1S/C13H25N3O2/c1-2-13(7-5-8-15-10-13)12(18)16-9-4-3-6-11(14)17/h15H,2-10H2,1H3,(H2,14,17)(H,16,18). The number of nitrogens with two attached hydrogens (primary N) is 1. The Bertz CT molecular complexity index is 286. The number of nitrogens with one attached hydrogen (secondary N) is 2. The summed E-state index contributed by atoms with van der Waals surface area (Å²) in [7, 11) is 0. The number of piperidine rings is 1. The number of amides is 2. The lowest BCUT2D eigenvalue weighted by atomic mass is 9.77. The molecule has 0 aromatic rings. The van der Waals surface area contributed by atoms with E-state index in [4.69, 9.17) is 5.73 Å². The van der Waals surface area contributed by atoms with E-state index in [0.29, 0.717) is 13.0 Å².